The number of benzene rings is 1. The number of carbonyl (C=O) groups is 2. The molecule has 0 aliphatic rings. The van der Waals surface area contributed by atoms with Crippen molar-refractivity contribution in [1.29, 1.82) is 0 Å². The molecule has 20 heavy (non-hydrogen) atoms. The molecule has 0 fully saturated rings. The van der Waals surface area contributed by atoms with Gasteiger partial charge in [0.1, 0.15) is 0 Å². The molecule has 0 amide bonds. The summed E-state index contributed by atoms with van der Waals surface area (Å²) in [5.74, 6) is -1.95. The minimum absolute atomic E-state index is 0.0237. The van der Waals surface area contributed by atoms with Crippen molar-refractivity contribution in [2.75, 3.05) is 0 Å². The predicted molar refractivity (Wildman–Crippen MR) is 80.0 cm³/mol. The Morgan fingerprint density at radius 1 is 1.30 bits per heavy atom. The van der Waals surface area contributed by atoms with E-state index in [2.05, 4.69) is 32.2 Å². The van der Waals surface area contributed by atoms with Crippen LogP contribution in [0, 0.1) is 5.92 Å². The van der Waals surface area contributed by atoms with Gasteiger partial charge in [-0.2, -0.15) is 0 Å². The normalized spacial score (nSPS) is 11.9. The Hall–Kier alpha value is -1.08. The van der Waals surface area contributed by atoms with Gasteiger partial charge < -0.3 is 14.0 Å². The number of aliphatic carboxylic acids is 2. The summed E-state index contributed by atoms with van der Waals surface area (Å²) in [7, 11) is 0. The highest BCUT2D eigenvalue weighted by Gasteiger charge is 2.21. The monoisotopic (exact) mass is 408 g/mol. The Balaban J connectivity index is 2.78. The summed E-state index contributed by atoms with van der Waals surface area (Å²) >= 11 is 6.23. The standard InChI is InChI=1S/C13H14Br2O5/c14-10-5-1-3-8(12(10)20-15)7-9(13(18)19)4-2-6-11(16)17/h1,3,5,9H,2,4,6-7H2,(H,16,17)(H,18,19). The highest BCUT2D eigenvalue weighted by atomic mass is 79.9. The Bertz CT molecular complexity index is 490. The maximum Gasteiger partial charge on any atom is 0.306 e. The van der Waals surface area contributed by atoms with Gasteiger partial charge in [-0.05, 0) is 46.8 Å². The Morgan fingerprint density at radius 3 is 2.55 bits per heavy atom. The lowest BCUT2D eigenvalue weighted by Gasteiger charge is -2.14. The quantitative estimate of drug-likeness (QED) is 0.684. The van der Waals surface area contributed by atoms with E-state index >= 15 is 0 Å². The zero-order valence-electron chi connectivity index (χ0n) is 10.5. The third-order valence-electron chi connectivity index (χ3n) is 2.88. The summed E-state index contributed by atoms with van der Waals surface area (Å²) in [5.41, 5.74) is 0.749. The average molecular weight is 410 g/mol. The summed E-state index contributed by atoms with van der Waals surface area (Å²) in [5, 5.41) is 17.8. The van der Waals surface area contributed by atoms with Crippen LogP contribution in [-0.2, 0) is 16.0 Å². The van der Waals surface area contributed by atoms with Crippen LogP contribution < -0.4 is 3.83 Å². The molecule has 2 N–H and O–H groups in total. The van der Waals surface area contributed by atoms with E-state index in [4.69, 9.17) is 8.93 Å². The molecule has 0 saturated heterocycles. The van der Waals surface area contributed by atoms with Crippen LogP contribution in [0.3, 0.4) is 0 Å². The first-order valence-electron chi connectivity index (χ1n) is 5.96. The predicted octanol–water partition coefficient (Wildman–Crippen LogP) is 3.64. The molecule has 1 aromatic rings. The number of halogens is 2. The van der Waals surface area contributed by atoms with Crippen molar-refractivity contribution < 1.29 is 23.6 Å². The molecule has 1 aromatic carbocycles. The van der Waals surface area contributed by atoms with E-state index in [1.165, 1.54) is 0 Å². The van der Waals surface area contributed by atoms with Crippen molar-refractivity contribution in [3.05, 3.63) is 28.2 Å². The number of carboxylic acid groups (broad SMARTS) is 2. The van der Waals surface area contributed by atoms with Crippen LogP contribution in [0.4, 0.5) is 0 Å². The number of para-hydroxylation sites is 1. The highest BCUT2D eigenvalue weighted by Crippen LogP contribution is 2.32. The van der Waals surface area contributed by atoms with Crippen LogP contribution in [-0.4, -0.2) is 22.2 Å². The Labute approximate surface area is 133 Å². The molecule has 110 valence electrons. The van der Waals surface area contributed by atoms with Gasteiger partial charge in [-0.15, -0.1) is 0 Å². The van der Waals surface area contributed by atoms with Crippen molar-refractivity contribution >= 4 is 44.1 Å². The van der Waals surface area contributed by atoms with Crippen LogP contribution >= 0.6 is 32.2 Å². The Kier molecular flexibility index (Phi) is 7.01. The van der Waals surface area contributed by atoms with Gasteiger partial charge in [0.05, 0.1) is 10.4 Å². The van der Waals surface area contributed by atoms with Crippen LogP contribution in [0.5, 0.6) is 5.75 Å². The third-order valence-corrected chi connectivity index (χ3v) is 3.83. The maximum absolute atomic E-state index is 11.3. The molecule has 1 atom stereocenters. The lowest BCUT2D eigenvalue weighted by Crippen LogP contribution is -2.17. The minimum atomic E-state index is -0.934. The lowest BCUT2D eigenvalue weighted by atomic mass is 9.94. The molecule has 0 spiro atoms. The molecular weight excluding hydrogens is 396 g/mol. The summed E-state index contributed by atoms with van der Waals surface area (Å²) < 4.78 is 5.80. The van der Waals surface area contributed by atoms with Gasteiger partial charge in [-0.1, -0.05) is 12.1 Å². The highest BCUT2D eigenvalue weighted by molar-refractivity contribution is 9.10. The second-order valence-electron chi connectivity index (χ2n) is 4.33. The van der Waals surface area contributed by atoms with E-state index in [-0.39, 0.29) is 12.8 Å². The van der Waals surface area contributed by atoms with Gasteiger partial charge in [0.15, 0.2) is 22.0 Å². The van der Waals surface area contributed by atoms with E-state index in [1.807, 2.05) is 0 Å². The van der Waals surface area contributed by atoms with Gasteiger partial charge in [0, 0.05) is 6.42 Å². The number of hydrogen-bond donors (Lipinski definition) is 2. The average Bonchev–Trinajstić information content (AvgIpc) is 2.37. The minimum Gasteiger partial charge on any atom is -0.481 e. The van der Waals surface area contributed by atoms with Crippen LogP contribution in [0.25, 0.3) is 0 Å². The molecule has 0 aliphatic carbocycles. The molecule has 0 heterocycles. The van der Waals surface area contributed by atoms with E-state index in [1.54, 1.807) is 18.2 Å². The maximum atomic E-state index is 11.3. The smallest absolute Gasteiger partial charge is 0.306 e. The van der Waals surface area contributed by atoms with Crippen molar-refractivity contribution in [2.45, 2.75) is 25.7 Å². The van der Waals surface area contributed by atoms with Gasteiger partial charge in [0.2, 0.25) is 0 Å². The number of carboxylic acids is 2. The molecule has 5 nitrogen and oxygen atoms in total. The molecule has 0 saturated carbocycles. The SMILES string of the molecule is O=C(O)CCCC(Cc1cccc(Br)c1OBr)C(=O)O. The Morgan fingerprint density at radius 2 is 2.00 bits per heavy atom. The summed E-state index contributed by atoms with van der Waals surface area (Å²) in [4.78, 5) is 21.7. The molecule has 0 bridgehead atoms. The van der Waals surface area contributed by atoms with E-state index in [9.17, 15) is 14.7 Å². The first kappa shape index (κ1) is 17.0. The van der Waals surface area contributed by atoms with Gasteiger partial charge >= 0.3 is 11.9 Å². The van der Waals surface area contributed by atoms with Crippen LogP contribution in [0.1, 0.15) is 24.8 Å². The van der Waals surface area contributed by atoms with Gasteiger partial charge in [-0.25, -0.2) is 0 Å². The topological polar surface area (TPSA) is 83.8 Å². The fraction of sp³-hybridized carbons (Fsp3) is 0.385. The first-order valence-corrected chi connectivity index (χ1v) is 7.40. The second kappa shape index (κ2) is 8.26. The largest absolute Gasteiger partial charge is 0.481 e. The number of hydrogen-bond acceptors (Lipinski definition) is 3. The lowest BCUT2D eigenvalue weighted by molar-refractivity contribution is -0.143. The van der Waals surface area contributed by atoms with Gasteiger partial charge in [0.25, 0.3) is 0 Å². The molecule has 1 unspecified atom stereocenters. The zero-order chi connectivity index (χ0) is 15.1. The van der Waals surface area contributed by atoms with Crippen molar-refractivity contribution in [3.8, 4) is 5.75 Å². The number of rotatable bonds is 8. The second-order valence-corrected chi connectivity index (χ2v) is 5.51. The summed E-state index contributed by atoms with van der Waals surface area (Å²) in [6.07, 6.45) is 0.917. The third kappa shape index (κ3) is 5.13. The molecule has 0 radical (unpaired) electrons. The van der Waals surface area contributed by atoms with Crippen molar-refractivity contribution in [2.24, 2.45) is 5.92 Å². The van der Waals surface area contributed by atoms with E-state index < -0.39 is 17.9 Å². The van der Waals surface area contributed by atoms with E-state index in [0.29, 0.717) is 18.6 Å². The molecule has 1 rings (SSSR count). The zero-order valence-corrected chi connectivity index (χ0v) is 13.7. The van der Waals surface area contributed by atoms with Gasteiger partial charge in [-0.3, -0.25) is 9.59 Å². The van der Waals surface area contributed by atoms with Crippen LogP contribution in [0.2, 0.25) is 0 Å². The fourth-order valence-electron chi connectivity index (χ4n) is 1.88. The molecule has 0 aliphatic heterocycles. The summed E-state index contributed by atoms with van der Waals surface area (Å²) in [6.45, 7) is 0. The summed E-state index contributed by atoms with van der Waals surface area (Å²) in [6, 6.07) is 5.37. The van der Waals surface area contributed by atoms with Crippen molar-refractivity contribution in [3.63, 3.8) is 0 Å². The molecule has 7 heteroatoms. The van der Waals surface area contributed by atoms with Crippen molar-refractivity contribution in [1.82, 2.24) is 0 Å². The molecular formula is C13H14Br2O5. The molecule has 0 aromatic heterocycles. The first-order chi connectivity index (χ1) is 9.45. The van der Waals surface area contributed by atoms with Crippen LogP contribution in [0.15, 0.2) is 22.7 Å². The fourth-order valence-corrected chi connectivity index (χ4v) is 2.97. The van der Waals surface area contributed by atoms with E-state index in [0.717, 1.165) is 10.0 Å².